The number of halogens is 2. The van der Waals surface area contributed by atoms with Gasteiger partial charge in [0, 0.05) is 12.1 Å². The van der Waals surface area contributed by atoms with Crippen LogP contribution in [0, 0.1) is 5.82 Å². The van der Waals surface area contributed by atoms with E-state index in [1.165, 1.54) is 12.1 Å². The highest BCUT2D eigenvalue weighted by molar-refractivity contribution is 5.85. The van der Waals surface area contributed by atoms with Gasteiger partial charge in [0.2, 0.25) is 0 Å². The van der Waals surface area contributed by atoms with Gasteiger partial charge in [0.1, 0.15) is 11.6 Å². The van der Waals surface area contributed by atoms with Crippen molar-refractivity contribution in [2.75, 3.05) is 6.61 Å². The molecule has 2 N–H and O–H groups in total. The highest BCUT2D eigenvalue weighted by atomic mass is 35.5. The molecule has 4 heteroatoms. The van der Waals surface area contributed by atoms with Gasteiger partial charge in [0.15, 0.2) is 0 Å². The van der Waals surface area contributed by atoms with E-state index in [1.54, 1.807) is 6.07 Å². The van der Waals surface area contributed by atoms with Crippen molar-refractivity contribution in [1.29, 1.82) is 0 Å². The molecule has 15 heavy (non-hydrogen) atoms. The van der Waals surface area contributed by atoms with Gasteiger partial charge in [-0.05, 0) is 31.9 Å². The number of hydrogen-bond donors (Lipinski definition) is 1. The molecular weight excluding hydrogens is 217 g/mol. The second-order valence-electron chi connectivity index (χ2n) is 3.37. The highest BCUT2D eigenvalue weighted by Crippen LogP contribution is 2.21. The van der Waals surface area contributed by atoms with Gasteiger partial charge >= 0.3 is 0 Å². The molecule has 0 aromatic heterocycles. The van der Waals surface area contributed by atoms with Crippen molar-refractivity contribution >= 4 is 12.4 Å². The molecule has 0 spiro atoms. The predicted octanol–water partition coefficient (Wildman–Crippen LogP) is 2.54. The maximum absolute atomic E-state index is 12.9. The van der Waals surface area contributed by atoms with Crippen molar-refractivity contribution in [3.8, 4) is 5.75 Å². The van der Waals surface area contributed by atoms with Crippen LogP contribution in [0.25, 0.3) is 0 Å². The summed E-state index contributed by atoms with van der Waals surface area (Å²) < 4.78 is 18.2. The highest BCUT2D eigenvalue weighted by Gasteiger charge is 2.06. The summed E-state index contributed by atoms with van der Waals surface area (Å²) in [6.45, 7) is 4.33. The molecule has 0 bridgehead atoms. The first-order valence-electron chi connectivity index (χ1n) is 4.80. The van der Waals surface area contributed by atoms with E-state index in [4.69, 9.17) is 10.5 Å². The minimum atomic E-state index is -0.276. The molecule has 2 nitrogen and oxygen atoms in total. The number of rotatable bonds is 4. The Balaban J connectivity index is 0.00000196. The molecule has 0 aliphatic heterocycles. The second-order valence-corrected chi connectivity index (χ2v) is 3.37. The van der Waals surface area contributed by atoms with E-state index < -0.39 is 0 Å². The van der Waals surface area contributed by atoms with E-state index in [2.05, 4.69) is 0 Å². The van der Waals surface area contributed by atoms with Crippen molar-refractivity contribution in [1.82, 2.24) is 0 Å². The van der Waals surface area contributed by atoms with Crippen LogP contribution >= 0.6 is 12.4 Å². The summed E-state index contributed by atoms with van der Waals surface area (Å²) in [6.07, 6.45) is 0.704. The molecule has 0 heterocycles. The minimum absolute atomic E-state index is 0. The van der Waals surface area contributed by atoms with E-state index in [-0.39, 0.29) is 24.3 Å². The molecule has 0 aliphatic rings. The van der Waals surface area contributed by atoms with Crippen LogP contribution < -0.4 is 10.5 Å². The van der Waals surface area contributed by atoms with Crippen LogP contribution in [0.15, 0.2) is 18.2 Å². The summed E-state index contributed by atoms with van der Waals surface area (Å²) in [5, 5.41) is 0. The zero-order chi connectivity index (χ0) is 10.6. The van der Waals surface area contributed by atoms with Crippen LogP contribution in [0.2, 0.25) is 0 Å². The van der Waals surface area contributed by atoms with E-state index in [1.807, 2.05) is 13.8 Å². The molecule has 1 unspecified atom stereocenters. The second kappa shape index (κ2) is 6.64. The van der Waals surface area contributed by atoms with Crippen LogP contribution in [0.4, 0.5) is 4.39 Å². The Hall–Kier alpha value is -0.800. The quantitative estimate of drug-likeness (QED) is 0.868. The SMILES string of the molecule is CCOc1cc(F)ccc1CC(C)N.Cl. The Morgan fingerprint density at radius 3 is 2.67 bits per heavy atom. The summed E-state index contributed by atoms with van der Waals surface area (Å²) in [4.78, 5) is 0. The minimum Gasteiger partial charge on any atom is -0.493 e. The monoisotopic (exact) mass is 233 g/mol. The fourth-order valence-corrected chi connectivity index (χ4v) is 1.33. The van der Waals surface area contributed by atoms with Gasteiger partial charge < -0.3 is 10.5 Å². The topological polar surface area (TPSA) is 35.2 Å². The molecule has 86 valence electrons. The van der Waals surface area contributed by atoms with Gasteiger partial charge in [0.25, 0.3) is 0 Å². The van der Waals surface area contributed by atoms with Crippen LogP contribution in [0.1, 0.15) is 19.4 Å². The molecule has 0 aliphatic carbocycles. The first kappa shape index (κ1) is 14.2. The largest absolute Gasteiger partial charge is 0.493 e. The van der Waals surface area contributed by atoms with E-state index in [0.717, 1.165) is 5.56 Å². The van der Waals surface area contributed by atoms with Crippen LogP contribution in [0.3, 0.4) is 0 Å². The molecule has 0 amide bonds. The van der Waals surface area contributed by atoms with Crippen molar-refractivity contribution in [2.45, 2.75) is 26.3 Å². The zero-order valence-corrected chi connectivity index (χ0v) is 9.81. The van der Waals surface area contributed by atoms with Crippen LogP contribution in [-0.2, 0) is 6.42 Å². The summed E-state index contributed by atoms with van der Waals surface area (Å²) in [5.74, 6) is 0.326. The number of nitrogens with two attached hydrogens (primary N) is 1. The molecular formula is C11H17ClFNO. The molecule has 1 aromatic carbocycles. The van der Waals surface area contributed by atoms with Gasteiger partial charge in [-0.15, -0.1) is 12.4 Å². The zero-order valence-electron chi connectivity index (χ0n) is 9.00. The lowest BCUT2D eigenvalue weighted by molar-refractivity contribution is 0.334. The smallest absolute Gasteiger partial charge is 0.126 e. The van der Waals surface area contributed by atoms with E-state index in [0.29, 0.717) is 18.8 Å². The first-order valence-corrected chi connectivity index (χ1v) is 4.80. The van der Waals surface area contributed by atoms with Crippen molar-refractivity contribution < 1.29 is 9.13 Å². The molecule has 0 saturated heterocycles. The van der Waals surface area contributed by atoms with Gasteiger partial charge in [-0.2, -0.15) is 0 Å². The number of hydrogen-bond acceptors (Lipinski definition) is 2. The van der Waals surface area contributed by atoms with Gasteiger partial charge in [0.05, 0.1) is 6.61 Å². The maximum atomic E-state index is 12.9. The van der Waals surface area contributed by atoms with Crippen molar-refractivity contribution in [2.24, 2.45) is 5.73 Å². The molecule has 0 fully saturated rings. The third-order valence-electron chi connectivity index (χ3n) is 1.87. The first-order chi connectivity index (χ1) is 6.63. The summed E-state index contributed by atoms with van der Waals surface area (Å²) >= 11 is 0. The summed E-state index contributed by atoms with van der Waals surface area (Å²) in [6, 6.07) is 4.62. The van der Waals surface area contributed by atoms with Gasteiger partial charge in [-0.1, -0.05) is 6.07 Å². The molecule has 1 rings (SSSR count). The Morgan fingerprint density at radius 2 is 2.13 bits per heavy atom. The lowest BCUT2D eigenvalue weighted by Gasteiger charge is -2.11. The molecule has 0 radical (unpaired) electrons. The third kappa shape index (κ3) is 4.49. The predicted molar refractivity (Wildman–Crippen MR) is 62.2 cm³/mol. The Bertz CT molecular complexity index is 305. The normalized spacial score (nSPS) is 11.7. The van der Waals surface area contributed by atoms with Gasteiger partial charge in [-0.3, -0.25) is 0 Å². The number of benzene rings is 1. The Labute approximate surface area is 96.0 Å². The van der Waals surface area contributed by atoms with Crippen LogP contribution in [-0.4, -0.2) is 12.6 Å². The summed E-state index contributed by atoms with van der Waals surface area (Å²) in [5.41, 5.74) is 6.64. The van der Waals surface area contributed by atoms with E-state index in [9.17, 15) is 4.39 Å². The van der Waals surface area contributed by atoms with Crippen molar-refractivity contribution in [3.05, 3.63) is 29.6 Å². The summed E-state index contributed by atoms with van der Waals surface area (Å²) in [7, 11) is 0. The molecule has 1 aromatic rings. The third-order valence-corrected chi connectivity index (χ3v) is 1.87. The fourth-order valence-electron chi connectivity index (χ4n) is 1.33. The van der Waals surface area contributed by atoms with Crippen LogP contribution in [0.5, 0.6) is 5.75 Å². The lowest BCUT2D eigenvalue weighted by atomic mass is 10.1. The Morgan fingerprint density at radius 1 is 1.47 bits per heavy atom. The van der Waals surface area contributed by atoms with Crippen molar-refractivity contribution in [3.63, 3.8) is 0 Å². The maximum Gasteiger partial charge on any atom is 0.126 e. The number of ether oxygens (including phenoxy) is 1. The average molecular weight is 234 g/mol. The molecule has 1 atom stereocenters. The standard InChI is InChI=1S/C11H16FNO.ClH/c1-3-14-11-7-10(12)5-4-9(11)6-8(2)13;/h4-5,7-8H,3,6,13H2,1-2H3;1H. The molecule has 0 saturated carbocycles. The van der Waals surface area contributed by atoms with E-state index >= 15 is 0 Å². The lowest BCUT2D eigenvalue weighted by Crippen LogP contribution is -2.18. The average Bonchev–Trinajstić information content (AvgIpc) is 2.09. The van der Waals surface area contributed by atoms with Gasteiger partial charge in [-0.25, -0.2) is 4.39 Å². The fraction of sp³-hybridized carbons (Fsp3) is 0.455. The Kier molecular flexibility index (Phi) is 6.29.